The van der Waals surface area contributed by atoms with Gasteiger partial charge in [0.1, 0.15) is 5.69 Å². The number of carboxylic acid groups (broad SMARTS) is 1. The van der Waals surface area contributed by atoms with E-state index in [2.05, 4.69) is 0 Å². The predicted octanol–water partition coefficient (Wildman–Crippen LogP) is 2.50. The molecule has 0 aromatic heterocycles. The van der Waals surface area contributed by atoms with Crippen molar-refractivity contribution >= 4 is 39.9 Å². The number of halogens is 1. The number of hydrogen-bond donors (Lipinski definition) is 1. The number of hydrogen-bond acceptors (Lipinski definition) is 4. The second-order valence-electron chi connectivity index (χ2n) is 4.49. The van der Waals surface area contributed by atoms with Gasteiger partial charge in [0.25, 0.3) is 5.69 Å². The van der Waals surface area contributed by atoms with Crippen molar-refractivity contribution in [2.24, 2.45) is 5.92 Å². The number of anilines is 1. The lowest BCUT2D eigenvalue weighted by Gasteiger charge is -2.31. The molecule has 0 aliphatic carbocycles. The molecule has 0 unspecified atom stereocenters. The summed E-state index contributed by atoms with van der Waals surface area (Å²) in [5.74, 6) is -1.11. The second-order valence-corrected chi connectivity index (χ2v) is 5.74. The van der Waals surface area contributed by atoms with E-state index in [1.165, 1.54) is 0 Å². The van der Waals surface area contributed by atoms with E-state index in [0.29, 0.717) is 31.6 Å². The van der Waals surface area contributed by atoms with Crippen molar-refractivity contribution in [3.8, 4) is 0 Å². The Hall–Kier alpha value is -1.38. The van der Waals surface area contributed by atoms with Gasteiger partial charge >= 0.3 is 5.97 Å². The van der Waals surface area contributed by atoms with Crippen molar-refractivity contribution in [1.82, 2.24) is 0 Å². The number of benzene rings is 1. The van der Waals surface area contributed by atoms with Crippen LogP contribution in [0.3, 0.4) is 0 Å². The van der Waals surface area contributed by atoms with Crippen LogP contribution in [0, 0.1) is 19.6 Å². The van der Waals surface area contributed by atoms with E-state index in [0.717, 1.165) is 3.57 Å². The van der Waals surface area contributed by atoms with E-state index in [9.17, 15) is 14.9 Å². The molecule has 1 saturated heterocycles. The van der Waals surface area contributed by atoms with Gasteiger partial charge in [-0.15, -0.1) is 0 Å². The van der Waals surface area contributed by atoms with Crippen LogP contribution in [0.4, 0.5) is 11.4 Å². The highest BCUT2D eigenvalue weighted by Gasteiger charge is 2.27. The number of carboxylic acids is 1. The second kappa shape index (κ2) is 5.72. The quantitative estimate of drug-likeness (QED) is 0.498. The van der Waals surface area contributed by atoms with Gasteiger partial charge in [-0.05, 0) is 47.6 Å². The molecule has 1 aromatic rings. The van der Waals surface area contributed by atoms with Gasteiger partial charge in [-0.25, -0.2) is 0 Å². The Morgan fingerprint density at radius 1 is 1.42 bits per heavy atom. The molecule has 102 valence electrons. The van der Waals surface area contributed by atoms with Crippen molar-refractivity contribution in [3.05, 3.63) is 31.9 Å². The minimum absolute atomic E-state index is 0.0840. The van der Waals surface area contributed by atoms with E-state index in [-0.39, 0.29) is 16.5 Å². The molecule has 0 amide bonds. The van der Waals surface area contributed by atoms with Gasteiger partial charge in [0.15, 0.2) is 0 Å². The molecular formula is C12H13IN2O4. The number of piperidine rings is 1. The third-order valence-electron chi connectivity index (χ3n) is 3.32. The molecule has 1 aliphatic heterocycles. The smallest absolute Gasteiger partial charge is 0.306 e. The van der Waals surface area contributed by atoms with Gasteiger partial charge in [-0.2, -0.15) is 0 Å². The van der Waals surface area contributed by atoms with Crippen molar-refractivity contribution in [2.75, 3.05) is 18.0 Å². The molecule has 19 heavy (non-hydrogen) atoms. The maximum atomic E-state index is 11.1. The van der Waals surface area contributed by atoms with Crippen LogP contribution in [0.15, 0.2) is 18.2 Å². The maximum absolute atomic E-state index is 11.1. The fraction of sp³-hybridized carbons (Fsp3) is 0.417. The Bertz CT molecular complexity index is 512. The largest absolute Gasteiger partial charge is 0.481 e. The number of nitro groups is 1. The standard InChI is InChI=1S/C12H13IN2O4/c13-9-1-2-10(11(7-9)15(18)19)14-5-3-8(4-6-14)12(16)17/h1-2,7-8H,3-6H2,(H,16,17). The van der Waals surface area contributed by atoms with Gasteiger partial charge < -0.3 is 10.0 Å². The summed E-state index contributed by atoms with van der Waals surface area (Å²) < 4.78 is 0.813. The normalized spacial score (nSPS) is 16.4. The molecule has 0 spiro atoms. The average molecular weight is 376 g/mol. The third-order valence-corrected chi connectivity index (χ3v) is 3.99. The first-order valence-electron chi connectivity index (χ1n) is 5.90. The maximum Gasteiger partial charge on any atom is 0.306 e. The predicted molar refractivity (Wildman–Crippen MR) is 78.4 cm³/mol. The van der Waals surface area contributed by atoms with Gasteiger partial charge in [-0.1, -0.05) is 0 Å². The van der Waals surface area contributed by atoms with E-state index in [1.807, 2.05) is 33.6 Å². The number of nitro benzene ring substituents is 1. The highest BCUT2D eigenvalue weighted by molar-refractivity contribution is 14.1. The molecule has 1 fully saturated rings. The number of carbonyl (C=O) groups is 1. The number of aliphatic carboxylic acids is 1. The zero-order valence-electron chi connectivity index (χ0n) is 10.1. The van der Waals surface area contributed by atoms with Gasteiger partial charge in [0.2, 0.25) is 0 Å². The number of nitrogens with zero attached hydrogens (tertiary/aromatic N) is 2. The molecule has 7 heteroatoms. The Labute approximate surface area is 123 Å². The monoisotopic (exact) mass is 376 g/mol. The Kier molecular flexibility index (Phi) is 4.23. The average Bonchev–Trinajstić information content (AvgIpc) is 2.38. The molecule has 1 N–H and O–H groups in total. The van der Waals surface area contributed by atoms with E-state index in [4.69, 9.17) is 5.11 Å². The minimum atomic E-state index is -0.781. The van der Waals surface area contributed by atoms with Crippen molar-refractivity contribution in [2.45, 2.75) is 12.8 Å². The summed E-state index contributed by atoms with van der Waals surface area (Å²) in [6, 6.07) is 5.10. The van der Waals surface area contributed by atoms with Crippen molar-refractivity contribution in [1.29, 1.82) is 0 Å². The van der Waals surface area contributed by atoms with Crippen LogP contribution < -0.4 is 4.90 Å². The van der Waals surface area contributed by atoms with E-state index < -0.39 is 5.97 Å². The summed E-state index contributed by atoms with van der Waals surface area (Å²) in [6.45, 7) is 1.08. The first-order valence-corrected chi connectivity index (χ1v) is 6.98. The Morgan fingerprint density at radius 3 is 2.58 bits per heavy atom. The lowest BCUT2D eigenvalue weighted by molar-refractivity contribution is -0.384. The zero-order valence-corrected chi connectivity index (χ0v) is 12.2. The fourth-order valence-electron chi connectivity index (χ4n) is 2.28. The molecule has 0 bridgehead atoms. The van der Waals surface area contributed by atoms with Gasteiger partial charge in [0.05, 0.1) is 10.8 Å². The third kappa shape index (κ3) is 3.14. The Balaban J connectivity index is 2.20. The molecule has 2 rings (SSSR count). The molecule has 1 heterocycles. The number of rotatable bonds is 3. The van der Waals surface area contributed by atoms with Crippen molar-refractivity contribution < 1.29 is 14.8 Å². The summed E-state index contributed by atoms with van der Waals surface area (Å²) in [5, 5.41) is 20.0. The van der Waals surface area contributed by atoms with E-state index >= 15 is 0 Å². The highest BCUT2D eigenvalue weighted by Crippen LogP contribution is 2.32. The van der Waals surface area contributed by atoms with E-state index in [1.54, 1.807) is 12.1 Å². The summed E-state index contributed by atoms with van der Waals surface area (Å²) in [6.07, 6.45) is 1.05. The first kappa shape index (κ1) is 14.0. The summed E-state index contributed by atoms with van der Waals surface area (Å²) in [4.78, 5) is 23.5. The topological polar surface area (TPSA) is 83.7 Å². The van der Waals surface area contributed by atoms with Crippen molar-refractivity contribution in [3.63, 3.8) is 0 Å². The fourth-order valence-corrected chi connectivity index (χ4v) is 2.75. The van der Waals surface area contributed by atoms with Crippen LogP contribution in [0.2, 0.25) is 0 Å². The minimum Gasteiger partial charge on any atom is -0.481 e. The highest BCUT2D eigenvalue weighted by atomic mass is 127. The summed E-state index contributed by atoms with van der Waals surface area (Å²) in [5.41, 5.74) is 0.662. The summed E-state index contributed by atoms with van der Waals surface area (Å²) in [7, 11) is 0. The molecular weight excluding hydrogens is 363 g/mol. The van der Waals surface area contributed by atoms with Crippen LogP contribution in [0.5, 0.6) is 0 Å². The molecule has 1 aliphatic rings. The molecule has 0 saturated carbocycles. The SMILES string of the molecule is O=C(O)C1CCN(c2ccc(I)cc2[N+](=O)[O-])CC1. The van der Waals surface area contributed by atoms with Crippen LogP contribution in [-0.4, -0.2) is 29.1 Å². The molecule has 0 radical (unpaired) electrons. The van der Waals surface area contributed by atoms with Crippen LogP contribution >= 0.6 is 22.6 Å². The molecule has 1 aromatic carbocycles. The Morgan fingerprint density at radius 2 is 2.05 bits per heavy atom. The molecule has 6 nitrogen and oxygen atoms in total. The first-order chi connectivity index (χ1) is 8.99. The molecule has 0 atom stereocenters. The lowest BCUT2D eigenvalue weighted by Crippen LogP contribution is -2.36. The lowest BCUT2D eigenvalue weighted by atomic mass is 9.96. The van der Waals surface area contributed by atoms with Crippen LogP contribution in [-0.2, 0) is 4.79 Å². The summed E-state index contributed by atoms with van der Waals surface area (Å²) >= 11 is 2.04. The van der Waals surface area contributed by atoms with Gasteiger partial charge in [0, 0.05) is 22.7 Å². The van der Waals surface area contributed by atoms with Crippen LogP contribution in [0.1, 0.15) is 12.8 Å². The zero-order chi connectivity index (χ0) is 14.0. The van der Waals surface area contributed by atoms with Crippen LogP contribution in [0.25, 0.3) is 0 Å². The van der Waals surface area contributed by atoms with Gasteiger partial charge in [-0.3, -0.25) is 14.9 Å².